The third kappa shape index (κ3) is 3.68. The number of nitro groups is 1. The zero-order valence-corrected chi connectivity index (χ0v) is 14.4. The van der Waals surface area contributed by atoms with Gasteiger partial charge < -0.3 is 9.47 Å². The lowest BCUT2D eigenvalue weighted by molar-refractivity contribution is -0.384. The summed E-state index contributed by atoms with van der Waals surface area (Å²) in [6, 6.07) is 10.8. The van der Waals surface area contributed by atoms with Gasteiger partial charge in [-0.15, -0.1) is 5.11 Å². The van der Waals surface area contributed by atoms with E-state index in [0.29, 0.717) is 28.4 Å². The lowest BCUT2D eigenvalue weighted by Crippen LogP contribution is -1.96. The highest BCUT2D eigenvalue weighted by Crippen LogP contribution is 2.33. The summed E-state index contributed by atoms with van der Waals surface area (Å²) in [7, 11) is 3.01. The number of ether oxygens (including phenoxy) is 2. The smallest absolute Gasteiger partial charge is 0.292 e. The van der Waals surface area contributed by atoms with Crippen LogP contribution in [-0.4, -0.2) is 29.3 Å². The minimum absolute atomic E-state index is 0.00489. The summed E-state index contributed by atoms with van der Waals surface area (Å²) in [6.45, 7) is 0. The number of H-pyrrole nitrogens is 2. The van der Waals surface area contributed by atoms with Gasteiger partial charge in [0.25, 0.3) is 11.2 Å². The molecule has 2 N–H and O–H groups in total. The maximum atomic E-state index is 12.1. The molecule has 3 rings (SSSR count). The highest BCUT2D eigenvalue weighted by molar-refractivity contribution is 5.72. The van der Waals surface area contributed by atoms with Crippen LogP contribution in [-0.2, 0) is 0 Å². The fourth-order valence-electron chi connectivity index (χ4n) is 2.43. The zero-order chi connectivity index (χ0) is 19.4. The Morgan fingerprint density at radius 2 is 1.78 bits per heavy atom. The molecule has 0 fully saturated rings. The van der Waals surface area contributed by atoms with Crippen LogP contribution in [0.15, 0.2) is 57.5 Å². The third-order valence-corrected chi connectivity index (χ3v) is 3.73. The molecule has 0 saturated heterocycles. The molecule has 2 aromatic carbocycles. The van der Waals surface area contributed by atoms with Crippen molar-refractivity contribution in [3.63, 3.8) is 0 Å². The highest BCUT2D eigenvalue weighted by atomic mass is 16.6. The van der Waals surface area contributed by atoms with Crippen LogP contribution in [0.4, 0.5) is 17.1 Å². The van der Waals surface area contributed by atoms with Crippen LogP contribution in [0.3, 0.4) is 0 Å². The van der Waals surface area contributed by atoms with Gasteiger partial charge >= 0.3 is 0 Å². The van der Waals surface area contributed by atoms with Gasteiger partial charge in [0.05, 0.1) is 30.5 Å². The van der Waals surface area contributed by atoms with Crippen molar-refractivity contribution < 1.29 is 14.4 Å². The quantitative estimate of drug-likeness (QED) is 0.388. The van der Waals surface area contributed by atoms with Crippen LogP contribution < -0.4 is 15.0 Å². The van der Waals surface area contributed by atoms with Crippen LogP contribution in [0.5, 0.6) is 11.5 Å². The fourth-order valence-corrected chi connectivity index (χ4v) is 2.43. The second-order valence-electron chi connectivity index (χ2n) is 5.35. The van der Waals surface area contributed by atoms with Crippen molar-refractivity contribution >= 4 is 17.1 Å². The van der Waals surface area contributed by atoms with Gasteiger partial charge in [0, 0.05) is 23.8 Å². The summed E-state index contributed by atoms with van der Waals surface area (Å²) < 4.78 is 10.4. The first-order valence-electron chi connectivity index (χ1n) is 7.72. The van der Waals surface area contributed by atoms with Crippen molar-refractivity contribution in [2.45, 2.75) is 0 Å². The molecule has 0 radical (unpaired) electrons. The zero-order valence-electron chi connectivity index (χ0n) is 14.4. The summed E-state index contributed by atoms with van der Waals surface area (Å²) in [4.78, 5) is 22.5. The summed E-state index contributed by atoms with van der Waals surface area (Å²) in [6.07, 6.45) is 0. The topological polar surface area (TPSA) is 135 Å². The van der Waals surface area contributed by atoms with Crippen LogP contribution in [0.1, 0.15) is 0 Å². The molecule has 3 aromatic rings. The Hall–Kier alpha value is -3.95. The normalized spacial score (nSPS) is 10.9. The SMILES string of the molecule is COc1ccc(N=Nc2c(-c3cccc([N+](=O)[O-])c3)[nH][nH]c2=O)cc1OC. The molecule has 0 atom stereocenters. The second kappa shape index (κ2) is 7.52. The molecule has 0 aliphatic rings. The molecule has 10 nitrogen and oxygen atoms in total. The van der Waals surface area contributed by atoms with Crippen molar-refractivity contribution in [1.82, 2.24) is 10.2 Å². The van der Waals surface area contributed by atoms with Gasteiger partial charge in [-0.25, -0.2) is 0 Å². The Bertz CT molecular complexity index is 1070. The Kier molecular flexibility index (Phi) is 4.97. The number of aromatic amines is 2. The monoisotopic (exact) mass is 369 g/mol. The molecule has 0 amide bonds. The van der Waals surface area contributed by atoms with E-state index in [4.69, 9.17) is 9.47 Å². The van der Waals surface area contributed by atoms with E-state index in [0.717, 1.165) is 0 Å². The van der Waals surface area contributed by atoms with Gasteiger partial charge in [-0.2, -0.15) is 5.11 Å². The number of hydrogen-bond donors (Lipinski definition) is 2. The van der Waals surface area contributed by atoms with E-state index >= 15 is 0 Å². The van der Waals surface area contributed by atoms with E-state index in [9.17, 15) is 14.9 Å². The fraction of sp³-hybridized carbons (Fsp3) is 0.118. The van der Waals surface area contributed by atoms with E-state index in [1.165, 1.54) is 32.4 Å². The lowest BCUT2D eigenvalue weighted by atomic mass is 10.1. The van der Waals surface area contributed by atoms with Gasteiger partial charge in [0.15, 0.2) is 17.2 Å². The number of non-ortho nitro benzene ring substituents is 1. The predicted molar refractivity (Wildman–Crippen MR) is 97.2 cm³/mol. The molecule has 1 heterocycles. The first-order chi connectivity index (χ1) is 13.0. The summed E-state index contributed by atoms with van der Waals surface area (Å²) in [5, 5.41) is 24.1. The van der Waals surface area contributed by atoms with E-state index < -0.39 is 10.5 Å². The maximum Gasteiger partial charge on any atom is 0.292 e. The predicted octanol–water partition coefficient (Wildman–Crippen LogP) is 3.71. The minimum atomic E-state index is -0.515. The third-order valence-electron chi connectivity index (χ3n) is 3.73. The first kappa shape index (κ1) is 17.9. The Labute approximate surface area is 152 Å². The first-order valence-corrected chi connectivity index (χ1v) is 7.72. The molecule has 138 valence electrons. The summed E-state index contributed by atoms with van der Waals surface area (Å²) in [5.41, 5.74) is 0.582. The van der Waals surface area contributed by atoms with Crippen LogP contribution in [0.2, 0.25) is 0 Å². The minimum Gasteiger partial charge on any atom is -0.493 e. The van der Waals surface area contributed by atoms with Gasteiger partial charge in [0.2, 0.25) is 0 Å². The summed E-state index contributed by atoms with van der Waals surface area (Å²) >= 11 is 0. The number of nitrogens with zero attached hydrogens (tertiary/aromatic N) is 3. The maximum absolute atomic E-state index is 12.1. The van der Waals surface area contributed by atoms with Crippen LogP contribution in [0.25, 0.3) is 11.3 Å². The Morgan fingerprint density at radius 3 is 2.48 bits per heavy atom. The lowest BCUT2D eigenvalue weighted by Gasteiger charge is -2.06. The number of azo groups is 1. The number of nitro benzene ring substituents is 1. The van der Waals surface area contributed by atoms with Gasteiger partial charge in [-0.3, -0.25) is 25.1 Å². The van der Waals surface area contributed by atoms with E-state index in [-0.39, 0.29) is 11.4 Å². The summed E-state index contributed by atoms with van der Waals surface area (Å²) in [5.74, 6) is 1.00. The molecule has 1 aromatic heterocycles. The molecule has 0 aliphatic carbocycles. The Balaban J connectivity index is 1.98. The van der Waals surface area contributed by atoms with Gasteiger partial charge in [0.1, 0.15) is 0 Å². The van der Waals surface area contributed by atoms with Crippen molar-refractivity contribution in [2.75, 3.05) is 14.2 Å². The second-order valence-corrected chi connectivity index (χ2v) is 5.35. The average molecular weight is 369 g/mol. The van der Waals surface area contributed by atoms with Gasteiger partial charge in [-0.05, 0) is 12.1 Å². The number of benzene rings is 2. The largest absolute Gasteiger partial charge is 0.493 e. The molecule has 0 saturated carbocycles. The highest BCUT2D eigenvalue weighted by Gasteiger charge is 2.15. The van der Waals surface area contributed by atoms with E-state index in [2.05, 4.69) is 20.4 Å². The molecular weight excluding hydrogens is 354 g/mol. The number of rotatable bonds is 6. The van der Waals surface area contributed by atoms with E-state index in [1.54, 1.807) is 24.3 Å². The van der Waals surface area contributed by atoms with Crippen molar-refractivity contribution in [3.05, 3.63) is 62.9 Å². The van der Waals surface area contributed by atoms with Crippen molar-refractivity contribution in [2.24, 2.45) is 10.2 Å². The number of aromatic nitrogens is 2. The molecule has 10 heteroatoms. The number of nitrogens with one attached hydrogen (secondary N) is 2. The molecule has 0 unspecified atom stereocenters. The molecule has 0 spiro atoms. The van der Waals surface area contributed by atoms with Gasteiger partial charge in [-0.1, -0.05) is 12.1 Å². The van der Waals surface area contributed by atoms with Crippen LogP contribution in [0, 0.1) is 10.1 Å². The average Bonchev–Trinajstić information content (AvgIpc) is 3.06. The van der Waals surface area contributed by atoms with Crippen LogP contribution >= 0.6 is 0 Å². The number of methoxy groups -OCH3 is 2. The molecule has 0 aliphatic heterocycles. The molecule has 0 bridgehead atoms. The van der Waals surface area contributed by atoms with Crippen molar-refractivity contribution in [1.29, 1.82) is 0 Å². The Morgan fingerprint density at radius 1 is 1.00 bits per heavy atom. The standard InChI is InChI=1S/C17H15N5O5/c1-26-13-7-6-11(9-14(13)27-2)18-20-16-15(19-21-17(16)23)10-4-3-5-12(8-10)22(24)25/h3-9H,1-2H3,(H2,19,21,23). The van der Waals surface area contributed by atoms with Crippen molar-refractivity contribution in [3.8, 4) is 22.8 Å². The molecule has 27 heavy (non-hydrogen) atoms. The molecular formula is C17H15N5O5. The number of hydrogen-bond acceptors (Lipinski definition) is 7. The van der Waals surface area contributed by atoms with E-state index in [1.807, 2.05) is 0 Å².